The highest BCUT2D eigenvalue weighted by molar-refractivity contribution is 6.74. The van der Waals surface area contributed by atoms with E-state index in [-0.39, 0.29) is 47.0 Å². The number of hydrogen-bond acceptors (Lipinski definition) is 5. The summed E-state index contributed by atoms with van der Waals surface area (Å²) in [5.74, 6) is 0.373. The average molecular weight is 529 g/mol. The van der Waals surface area contributed by atoms with Crippen LogP contribution in [0.2, 0.25) is 36.3 Å². The zero-order chi connectivity index (χ0) is 26.5. The standard InChI is InChI=1S/C28H56O5Si2/c1-27(2,3)34(7,8)32-24-20-25(33-35(9,10)28(4,5)6)23(21-29)22(24)16-12-11-14-18-30-26-17-13-15-19-31-26/h11-12,22-26,29H,13-21H2,1-10H3/b12-11-/t22-,23+,24-,25+,26?/m0/s1. The van der Waals surface area contributed by atoms with Gasteiger partial charge in [0.1, 0.15) is 0 Å². The van der Waals surface area contributed by atoms with Gasteiger partial charge in [0.05, 0.1) is 18.8 Å². The molecule has 2 aliphatic rings. The SMILES string of the molecule is CC(C)(C)[Si](C)(C)O[C@H]1C[C@@H](O[Si](C)(C)C(C)(C)C)[C@H](CO)[C@@H]1C/C=C\CCOC1CCCCO1. The fourth-order valence-electron chi connectivity index (χ4n) is 4.57. The molecule has 0 spiro atoms. The van der Waals surface area contributed by atoms with E-state index < -0.39 is 16.6 Å². The van der Waals surface area contributed by atoms with Gasteiger partial charge < -0.3 is 23.4 Å². The van der Waals surface area contributed by atoms with E-state index in [1.807, 2.05) is 0 Å². The third kappa shape index (κ3) is 8.76. The van der Waals surface area contributed by atoms with Crippen LogP contribution in [0.1, 0.15) is 80.1 Å². The van der Waals surface area contributed by atoms with Crippen LogP contribution in [0.25, 0.3) is 0 Å². The molecule has 2 fully saturated rings. The van der Waals surface area contributed by atoms with Gasteiger partial charge in [-0.25, -0.2) is 0 Å². The van der Waals surface area contributed by atoms with Crippen LogP contribution in [0.3, 0.4) is 0 Å². The van der Waals surface area contributed by atoms with Crippen molar-refractivity contribution in [2.24, 2.45) is 11.8 Å². The number of hydrogen-bond donors (Lipinski definition) is 1. The van der Waals surface area contributed by atoms with E-state index >= 15 is 0 Å². The van der Waals surface area contributed by atoms with E-state index in [0.717, 1.165) is 38.7 Å². The summed E-state index contributed by atoms with van der Waals surface area (Å²) in [5.41, 5.74) is 0. The second-order valence-electron chi connectivity index (χ2n) is 13.7. The molecule has 35 heavy (non-hydrogen) atoms. The van der Waals surface area contributed by atoms with Crippen LogP contribution in [-0.2, 0) is 18.3 Å². The Morgan fingerprint density at radius 2 is 1.43 bits per heavy atom. The molecule has 0 amide bonds. The molecule has 0 aromatic rings. The van der Waals surface area contributed by atoms with Crippen LogP contribution in [0, 0.1) is 11.8 Å². The summed E-state index contributed by atoms with van der Waals surface area (Å²) >= 11 is 0. The van der Waals surface area contributed by atoms with E-state index in [1.54, 1.807) is 0 Å². The highest BCUT2D eigenvalue weighted by atomic mass is 28.4. The average Bonchev–Trinajstić information content (AvgIpc) is 3.04. The molecular formula is C28H56O5Si2. The Hall–Kier alpha value is -0.0262. The molecule has 1 heterocycles. The van der Waals surface area contributed by atoms with Crippen molar-refractivity contribution in [2.75, 3.05) is 19.8 Å². The lowest BCUT2D eigenvalue weighted by molar-refractivity contribution is -0.161. The van der Waals surface area contributed by atoms with E-state index in [2.05, 4.69) is 79.9 Å². The smallest absolute Gasteiger partial charge is 0.192 e. The number of aliphatic hydroxyl groups is 1. The van der Waals surface area contributed by atoms with Crippen molar-refractivity contribution in [3.05, 3.63) is 12.2 Å². The van der Waals surface area contributed by atoms with Gasteiger partial charge >= 0.3 is 0 Å². The summed E-state index contributed by atoms with van der Waals surface area (Å²) in [5, 5.41) is 10.8. The number of ether oxygens (including phenoxy) is 2. The van der Waals surface area contributed by atoms with Crippen LogP contribution in [-0.4, -0.2) is 60.1 Å². The molecule has 5 nitrogen and oxygen atoms in total. The zero-order valence-corrected chi connectivity index (χ0v) is 26.5. The molecule has 1 aliphatic carbocycles. The molecule has 1 unspecified atom stereocenters. The van der Waals surface area contributed by atoms with Crippen LogP contribution >= 0.6 is 0 Å². The van der Waals surface area contributed by atoms with E-state index in [1.165, 1.54) is 6.42 Å². The molecule has 1 saturated carbocycles. The molecule has 5 atom stereocenters. The van der Waals surface area contributed by atoms with Crippen molar-refractivity contribution in [2.45, 2.75) is 135 Å². The maximum absolute atomic E-state index is 10.5. The summed E-state index contributed by atoms with van der Waals surface area (Å²) in [4.78, 5) is 0. The van der Waals surface area contributed by atoms with Crippen molar-refractivity contribution in [3.63, 3.8) is 0 Å². The van der Waals surface area contributed by atoms with Gasteiger partial charge in [-0.3, -0.25) is 0 Å². The van der Waals surface area contributed by atoms with Crippen molar-refractivity contribution in [3.8, 4) is 0 Å². The quantitative estimate of drug-likeness (QED) is 0.173. The van der Waals surface area contributed by atoms with Gasteiger partial charge in [-0.1, -0.05) is 53.7 Å². The Morgan fingerprint density at radius 1 is 0.857 bits per heavy atom. The maximum atomic E-state index is 10.5. The van der Waals surface area contributed by atoms with Crippen molar-refractivity contribution < 1.29 is 23.4 Å². The van der Waals surface area contributed by atoms with Crippen molar-refractivity contribution >= 4 is 16.6 Å². The fourth-order valence-corrected chi connectivity index (χ4v) is 7.34. The summed E-state index contributed by atoms with van der Waals surface area (Å²) in [6.07, 6.45) is 10.7. The molecule has 0 radical (unpaired) electrons. The van der Waals surface area contributed by atoms with E-state index in [4.69, 9.17) is 18.3 Å². The van der Waals surface area contributed by atoms with Crippen molar-refractivity contribution in [1.82, 2.24) is 0 Å². The second kappa shape index (κ2) is 12.7. The Kier molecular flexibility index (Phi) is 11.3. The predicted molar refractivity (Wildman–Crippen MR) is 151 cm³/mol. The number of rotatable bonds is 11. The maximum Gasteiger partial charge on any atom is 0.192 e. The van der Waals surface area contributed by atoms with Gasteiger partial charge in [0.2, 0.25) is 0 Å². The van der Waals surface area contributed by atoms with Gasteiger partial charge in [0.15, 0.2) is 22.9 Å². The van der Waals surface area contributed by atoms with Gasteiger partial charge in [-0.2, -0.15) is 0 Å². The molecular weight excluding hydrogens is 472 g/mol. The second-order valence-corrected chi connectivity index (χ2v) is 23.3. The molecule has 1 saturated heterocycles. The number of aliphatic hydroxyl groups excluding tert-OH is 1. The summed E-state index contributed by atoms with van der Waals surface area (Å²) in [6.45, 7) is 24.7. The fraction of sp³-hybridized carbons (Fsp3) is 0.929. The van der Waals surface area contributed by atoms with Gasteiger partial charge in [0.25, 0.3) is 0 Å². The zero-order valence-electron chi connectivity index (χ0n) is 24.5. The minimum absolute atomic E-state index is 0.0265. The molecule has 206 valence electrons. The summed E-state index contributed by atoms with van der Waals surface area (Å²) < 4.78 is 25.4. The first kappa shape index (κ1) is 31.2. The lowest BCUT2D eigenvalue weighted by Crippen LogP contribution is -2.45. The largest absolute Gasteiger partial charge is 0.414 e. The molecule has 1 N–H and O–H groups in total. The molecule has 7 heteroatoms. The molecule has 0 aromatic heterocycles. The summed E-state index contributed by atoms with van der Waals surface area (Å²) in [6, 6.07) is 0. The first-order valence-corrected chi connectivity index (χ1v) is 19.8. The Morgan fingerprint density at radius 3 is 1.91 bits per heavy atom. The third-order valence-electron chi connectivity index (χ3n) is 8.99. The topological polar surface area (TPSA) is 57.2 Å². The monoisotopic (exact) mass is 528 g/mol. The predicted octanol–water partition coefficient (Wildman–Crippen LogP) is 7.28. The molecule has 1 aliphatic heterocycles. The molecule has 2 rings (SSSR count). The van der Waals surface area contributed by atoms with Crippen molar-refractivity contribution in [1.29, 1.82) is 0 Å². The Labute approximate surface area is 218 Å². The van der Waals surface area contributed by atoms with E-state index in [9.17, 15) is 5.11 Å². The summed E-state index contributed by atoms with van der Waals surface area (Å²) in [7, 11) is -3.89. The van der Waals surface area contributed by atoms with Gasteiger partial charge in [-0.15, -0.1) is 0 Å². The Bertz CT molecular complexity index is 659. The minimum atomic E-state index is -1.95. The highest BCUT2D eigenvalue weighted by Crippen LogP contribution is 2.47. The highest BCUT2D eigenvalue weighted by Gasteiger charge is 2.50. The minimum Gasteiger partial charge on any atom is -0.414 e. The normalized spacial score (nSPS) is 29.3. The number of allylic oxidation sites excluding steroid dienone is 1. The lowest BCUT2D eigenvalue weighted by atomic mass is 9.91. The third-order valence-corrected chi connectivity index (χ3v) is 18.0. The van der Waals surface area contributed by atoms with Crippen LogP contribution in [0.4, 0.5) is 0 Å². The molecule has 0 aromatic carbocycles. The Balaban J connectivity index is 2.07. The van der Waals surface area contributed by atoms with Crippen LogP contribution in [0.5, 0.6) is 0 Å². The first-order valence-electron chi connectivity index (χ1n) is 13.9. The van der Waals surface area contributed by atoms with E-state index in [0.29, 0.717) is 6.61 Å². The molecule has 0 bridgehead atoms. The van der Waals surface area contributed by atoms with Crippen LogP contribution in [0.15, 0.2) is 12.2 Å². The van der Waals surface area contributed by atoms with Crippen LogP contribution < -0.4 is 0 Å². The van der Waals surface area contributed by atoms with Gasteiger partial charge in [0, 0.05) is 19.1 Å². The van der Waals surface area contributed by atoms with Gasteiger partial charge in [-0.05, 0) is 80.7 Å². The lowest BCUT2D eigenvalue weighted by Gasteiger charge is -2.40. The first-order chi connectivity index (χ1) is 16.1.